The first-order valence-electron chi connectivity index (χ1n) is 5.93. The van der Waals surface area contributed by atoms with Gasteiger partial charge < -0.3 is 5.32 Å². The summed E-state index contributed by atoms with van der Waals surface area (Å²) in [5, 5.41) is 2.97. The van der Waals surface area contributed by atoms with Gasteiger partial charge in [-0.05, 0) is 34.1 Å². The van der Waals surface area contributed by atoms with Crippen LogP contribution in [0.5, 0.6) is 0 Å². The van der Waals surface area contributed by atoms with Crippen LogP contribution in [-0.2, 0) is 10.0 Å². The molecule has 0 aliphatic heterocycles. The van der Waals surface area contributed by atoms with E-state index in [2.05, 4.69) is 51.9 Å². The van der Waals surface area contributed by atoms with Gasteiger partial charge in [-0.3, -0.25) is 4.98 Å². The van der Waals surface area contributed by atoms with E-state index >= 15 is 0 Å². The Bertz CT molecular complexity index is 710. The van der Waals surface area contributed by atoms with Crippen molar-refractivity contribution in [1.29, 1.82) is 0 Å². The third-order valence-corrected chi connectivity index (χ3v) is 5.42. The lowest BCUT2D eigenvalue weighted by molar-refractivity contribution is 0.582. The third kappa shape index (κ3) is 4.73. The molecule has 0 amide bonds. The van der Waals surface area contributed by atoms with Crippen molar-refractivity contribution in [3.05, 3.63) is 45.7 Å². The minimum atomic E-state index is -3.57. The normalized spacial score (nSPS) is 11.3. The molecule has 0 saturated heterocycles. The van der Waals surface area contributed by atoms with Gasteiger partial charge in [0.25, 0.3) is 0 Å². The van der Waals surface area contributed by atoms with E-state index in [1.807, 2.05) is 0 Å². The molecule has 0 bridgehead atoms. The van der Waals surface area contributed by atoms with E-state index in [4.69, 9.17) is 0 Å². The number of sulfonamides is 1. The van der Waals surface area contributed by atoms with Crippen molar-refractivity contribution in [3.63, 3.8) is 0 Å². The van der Waals surface area contributed by atoms with Crippen LogP contribution in [0, 0.1) is 0 Å². The molecule has 0 unspecified atom stereocenters. The lowest BCUT2D eigenvalue weighted by atomic mass is 10.4. The van der Waals surface area contributed by atoms with Gasteiger partial charge in [0, 0.05) is 34.4 Å². The Balaban J connectivity index is 1.94. The number of benzene rings is 1. The first-order valence-corrected chi connectivity index (χ1v) is 9.00. The highest BCUT2D eigenvalue weighted by Crippen LogP contribution is 2.25. The minimum absolute atomic E-state index is 0.191. The molecule has 0 fully saturated rings. The molecular formula is C12H12Br2N4O2S. The summed E-state index contributed by atoms with van der Waals surface area (Å²) in [6.45, 7) is 0.640. The fourth-order valence-corrected chi connectivity index (χ4v) is 4.06. The number of halogens is 2. The lowest BCUT2D eigenvalue weighted by Crippen LogP contribution is -2.29. The summed E-state index contributed by atoms with van der Waals surface area (Å²) in [5.74, 6) is 0.598. The van der Waals surface area contributed by atoms with E-state index in [0.29, 0.717) is 21.3 Å². The van der Waals surface area contributed by atoms with Gasteiger partial charge in [-0.1, -0.05) is 15.9 Å². The summed E-state index contributed by atoms with van der Waals surface area (Å²) >= 11 is 6.50. The zero-order valence-electron chi connectivity index (χ0n) is 10.8. The van der Waals surface area contributed by atoms with E-state index < -0.39 is 10.0 Å². The van der Waals surface area contributed by atoms with Crippen LogP contribution in [0.15, 0.2) is 50.6 Å². The molecule has 0 radical (unpaired) electrons. The quantitative estimate of drug-likeness (QED) is 0.680. The molecule has 112 valence electrons. The summed E-state index contributed by atoms with van der Waals surface area (Å²) in [6, 6.07) is 4.98. The Hall–Kier alpha value is -1.03. The smallest absolute Gasteiger partial charge is 0.241 e. The Morgan fingerprint density at radius 1 is 1.14 bits per heavy atom. The van der Waals surface area contributed by atoms with Crippen molar-refractivity contribution in [2.24, 2.45) is 0 Å². The second-order valence-corrected chi connectivity index (χ2v) is 7.50. The molecule has 2 N–H and O–H groups in total. The average Bonchev–Trinajstić information content (AvgIpc) is 2.47. The molecule has 1 aromatic carbocycles. The molecule has 0 saturated carbocycles. The SMILES string of the molecule is O=S(=O)(NCCNc1cnccn1)c1cc(Br)ccc1Br. The van der Waals surface area contributed by atoms with Crippen LogP contribution < -0.4 is 10.0 Å². The summed E-state index contributed by atoms with van der Waals surface area (Å²) in [7, 11) is -3.57. The van der Waals surface area contributed by atoms with Crippen LogP contribution in [0.25, 0.3) is 0 Å². The molecule has 2 rings (SSSR count). The number of hydrogen-bond donors (Lipinski definition) is 2. The van der Waals surface area contributed by atoms with E-state index in [0.717, 1.165) is 0 Å². The number of nitrogens with zero attached hydrogens (tertiary/aromatic N) is 2. The second-order valence-electron chi connectivity index (χ2n) is 3.99. The second kappa shape index (κ2) is 7.30. The summed E-state index contributed by atoms with van der Waals surface area (Å²) in [4.78, 5) is 8.13. The van der Waals surface area contributed by atoms with Crippen LogP contribution in [-0.4, -0.2) is 31.5 Å². The van der Waals surface area contributed by atoms with E-state index in [9.17, 15) is 8.42 Å². The molecule has 21 heavy (non-hydrogen) atoms. The van der Waals surface area contributed by atoms with Gasteiger partial charge in [0.1, 0.15) is 5.82 Å². The van der Waals surface area contributed by atoms with E-state index in [1.165, 1.54) is 0 Å². The first-order chi connectivity index (χ1) is 9.99. The minimum Gasteiger partial charge on any atom is -0.367 e. The highest BCUT2D eigenvalue weighted by Gasteiger charge is 2.17. The highest BCUT2D eigenvalue weighted by molar-refractivity contribution is 9.11. The summed E-state index contributed by atoms with van der Waals surface area (Å²) in [6.07, 6.45) is 4.70. The van der Waals surface area contributed by atoms with Gasteiger partial charge in [0.15, 0.2) is 0 Å². The summed E-state index contributed by atoms with van der Waals surface area (Å²) in [5.41, 5.74) is 0. The van der Waals surface area contributed by atoms with E-state index in [-0.39, 0.29) is 11.4 Å². The number of rotatable bonds is 6. The predicted octanol–water partition coefficient (Wildman–Crippen LogP) is 2.39. The van der Waals surface area contributed by atoms with Gasteiger partial charge >= 0.3 is 0 Å². The zero-order chi connectivity index (χ0) is 15.3. The van der Waals surface area contributed by atoms with Crippen molar-refractivity contribution in [3.8, 4) is 0 Å². The average molecular weight is 436 g/mol. The molecule has 1 heterocycles. The van der Waals surface area contributed by atoms with Gasteiger partial charge in [-0.2, -0.15) is 0 Å². The monoisotopic (exact) mass is 434 g/mol. The third-order valence-electron chi connectivity index (χ3n) is 2.47. The fourth-order valence-electron chi connectivity index (χ4n) is 1.53. The number of anilines is 1. The topological polar surface area (TPSA) is 84.0 Å². The van der Waals surface area contributed by atoms with Crippen LogP contribution in [0.2, 0.25) is 0 Å². The molecule has 0 atom stereocenters. The molecule has 0 aliphatic carbocycles. The maximum atomic E-state index is 12.2. The van der Waals surface area contributed by atoms with Crippen molar-refractivity contribution in [2.75, 3.05) is 18.4 Å². The molecule has 9 heteroatoms. The Morgan fingerprint density at radius 2 is 1.95 bits per heavy atom. The highest BCUT2D eigenvalue weighted by atomic mass is 79.9. The van der Waals surface area contributed by atoms with Gasteiger partial charge in [-0.25, -0.2) is 18.1 Å². The van der Waals surface area contributed by atoms with Gasteiger partial charge in [0.2, 0.25) is 10.0 Å². The number of nitrogens with one attached hydrogen (secondary N) is 2. The Labute approximate surface area is 139 Å². The van der Waals surface area contributed by atoms with Crippen LogP contribution in [0.3, 0.4) is 0 Å². The Kier molecular flexibility index (Phi) is 5.68. The number of aromatic nitrogens is 2. The van der Waals surface area contributed by atoms with Crippen molar-refractivity contribution >= 4 is 47.7 Å². The molecule has 0 spiro atoms. The maximum absolute atomic E-state index is 12.2. The maximum Gasteiger partial charge on any atom is 0.241 e. The lowest BCUT2D eigenvalue weighted by Gasteiger charge is -2.09. The van der Waals surface area contributed by atoms with Gasteiger partial charge in [0.05, 0.1) is 11.1 Å². The molecule has 6 nitrogen and oxygen atoms in total. The predicted molar refractivity (Wildman–Crippen MR) is 87.6 cm³/mol. The first kappa shape index (κ1) is 16.3. The number of hydrogen-bond acceptors (Lipinski definition) is 5. The van der Waals surface area contributed by atoms with Crippen molar-refractivity contribution in [2.45, 2.75) is 4.90 Å². The van der Waals surface area contributed by atoms with Crippen LogP contribution in [0.1, 0.15) is 0 Å². The van der Waals surface area contributed by atoms with Gasteiger partial charge in [-0.15, -0.1) is 0 Å². The van der Waals surface area contributed by atoms with Crippen molar-refractivity contribution < 1.29 is 8.42 Å². The van der Waals surface area contributed by atoms with Crippen LogP contribution >= 0.6 is 31.9 Å². The molecule has 1 aromatic heterocycles. The molecule has 2 aromatic rings. The van der Waals surface area contributed by atoms with Crippen LogP contribution in [0.4, 0.5) is 5.82 Å². The summed E-state index contributed by atoms with van der Waals surface area (Å²) < 4.78 is 28.1. The zero-order valence-corrected chi connectivity index (χ0v) is 14.7. The van der Waals surface area contributed by atoms with Crippen molar-refractivity contribution in [1.82, 2.24) is 14.7 Å². The fraction of sp³-hybridized carbons (Fsp3) is 0.167. The Morgan fingerprint density at radius 3 is 2.67 bits per heavy atom. The largest absolute Gasteiger partial charge is 0.367 e. The standard InChI is InChI=1S/C12H12Br2N4O2S/c13-9-1-2-10(14)11(7-9)21(19,20)18-6-5-17-12-8-15-3-4-16-12/h1-4,7-8,18H,5-6H2,(H,16,17). The molecular weight excluding hydrogens is 424 g/mol. The van der Waals surface area contributed by atoms with E-state index in [1.54, 1.807) is 36.8 Å². The molecule has 0 aliphatic rings.